The van der Waals surface area contributed by atoms with Gasteiger partial charge in [0.1, 0.15) is 11.3 Å². The SMILES string of the molecule is CCOc1cc2c(cc1N1CCN(CC)CC1)c(=O)c(C(=O)O)cn2C1CC1. The Hall–Kier alpha value is -2.54. The maximum atomic E-state index is 12.9. The molecule has 1 aliphatic carbocycles. The minimum absolute atomic E-state index is 0.162. The van der Waals surface area contributed by atoms with Gasteiger partial charge in [-0.1, -0.05) is 6.92 Å². The maximum absolute atomic E-state index is 12.9. The molecule has 4 rings (SSSR count). The van der Waals surface area contributed by atoms with E-state index in [1.807, 2.05) is 23.6 Å². The number of carbonyl (C=O) groups is 1. The van der Waals surface area contributed by atoms with Gasteiger partial charge < -0.3 is 24.2 Å². The molecule has 0 unspecified atom stereocenters. The number of fused-ring (bicyclic) bond motifs is 1. The fourth-order valence-electron chi connectivity index (χ4n) is 4.00. The lowest BCUT2D eigenvalue weighted by atomic mass is 10.1. The highest BCUT2D eigenvalue weighted by molar-refractivity contribution is 5.94. The molecular weight excluding hydrogens is 358 g/mol. The number of piperazine rings is 1. The van der Waals surface area contributed by atoms with Crippen molar-refractivity contribution in [2.75, 3.05) is 44.2 Å². The molecule has 2 heterocycles. The summed E-state index contributed by atoms with van der Waals surface area (Å²) in [6.45, 7) is 9.30. The van der Waals surface area contributed by atoms with Crippen molar-refractivity contribution >= 4 is 22.6 Å². The van der Waals surface area contributed by atoms with Gasteiger partial charge in [0.25, 0.3) is 0 Å². The molecule has 1 aliphatic heterocycles. The molecule has 7 heteroatoms. The third-order valence-electron chi connectivity index (χ3n) is 5.74. The first-order valence-electron chi connectivity index (χ1n) is 10.1. The standard InChI is InChI=1S/C21H27N3O4/c1-3-22-7-9-23(10-8-22)18-11-15-17(12-19(18)28-4-2)24(14-5-6-14)13-16(20(15)25)21(26)27/h11-14H,3-10H2,1-2H3,(H,26,27). The summed E-state index contributed by atoms with van der Waals surface area (Å²) < 4.78 is 7.88. The third kappa shape index (κ3) is 3.35. The number of ether oxygens (including phenoxy) is 1. The first kappa shape index (κ1) is 18.8. The summed E-state index contributed by atoms with van der Waals surface area (Å²) in [5, 5.41) is 9.97. The van der Waals surface area contributed by atoms with E-state index in [2.05, 4.69) is 16.7 Å². The molecule has 0 amide bonds. The number of pyridine rings is 1. The van der Waals surface area contributed by atoms with Gasteiger partial charge in [0.05, 0.1) is 17.8 Å². The molecule has 7 nitrogen and oxygen atoms in total. The van der Waals surface area contributed by atoms with Gasteiger partial charge in [0, 0.05) is 49.9 Å². The van der Waals surface area contributed by atoms with Crippen LogP contribution in [0.2, 0.25) is 0 Å². The first-order valence-corrected chi connectivity index (χ1v) is 10.1. The number of nitrogens with zero attached hydrogens (tertiary/aromatic N) is 3. The van der Waals surface area contributed by atoms with Gasteiger partial charge in [-0.3, -0.25) is 4.79 Å². The Morgan fingerprint density at radius 1 is 1.18 bits per heavy atom. The normalized spacial score (nSPS) is 17.9. The average Bonchev–Trinajstić information content (AvgIpc) is 3.53. The quantitative estimate of drug-likeness (QED) is 0.824. The lowest BCUT2D eigenvalue weighted by molar-refractivity contribution is 0.0695. The summed E-state index contributed by atoms with van der Waals surface area (Å²) >= 11 is 0. The van der Waals surface area contributed by atoms with Crippen molar-refractivity contribution in [3.05, 3.63) is 34.1 Å². The van der Waals surface area contributed by atoms with E-state index in [1.54, 1.807) is 0 Å². The third-order valence-corrected chi connectivity index (χ3v) is 5.74. The summed E-state index contributed by atoms with van der Waals surface area (Å²) in [6.07, 6.45) is 3.50. The number of hydrogen-bond acceptors (Lipinski definition) is 5. The van der Waals surface area contributed by atoms with Crippen molar-refractivity contribution in [3.63, 3.8) is 0 Å². The summed E-state index contributed by atoms with van der Waals surface area (Å²) in [7, 11) is 0. The highest BCUT2D eigenvalue weighted by Gasteiger charge is 2.28. The van der Waals surface area contributed by atoms with E-state index in [4.69, 9.17) is 4.74 Å². The van der Waals surface area contributed by atoms with E-state index < -0.39 is 11.4 Å². The Morgan fingerprint density at radius 2 is 1.89 bits per heavy atom. The molecule has 0 spiro atoms. The number of anilines is 1. The predicted octanol–water partition coefficient (Wildman–Crippen LogP) is 2.58. The van der Waals surface area contributed by atoms with Crippen LogP contribution < -0.4 is 15.1 Å². The number of carboxylic acids is 1. The van der Waals surface area contributed by atoms with Crippen molar-refractivity contribution in [2.24, 2.45) is 0 Å². The second kappa shape index (κ2) is 7.47. The van der Waals surface area contributed by atoms with E-state index in [1.165, 1.54) is 6.20 Å². The fraction of sp³-hybridized carbons (Fsp3) is 0.524. The van der Waals surface area contributed by atoms with Crippen LogP contribution in [-0.2, 0) is 0 Å². The van der Waals surface area contributed by atoms with Crippen molar-refractivity contribution in [1.82, 2.24) is 9.47 Å². The summed E-state index contributed by atoms with van der Waals surface area (Å²) in [5.41, 5.74) is 1.06. The van der Waals surface area contributed by atoms with E-state index in [0.29, 0.717) is 12.0 Å². The molecule has 0 radical (unpaired) electrons. The summed E-state index contributed by atoms with van der Waals surface area (Å²) in [6, 6.07) is 4.02. The van der Waals surface area contributed by atoms with Gasteiger partial charge in [0.15, 0.2) is 0 Å². The second-order valence-electron chi connectivity index (χ2n) is 7.51. The van der Waals surface area contributed by atoms with E-state index >= 15 is 0 Å². The first-order chi connectivity index (χ1) is 13.5. The van der Waals surface area contributed by atoms with E-state index in [9.17, 15) is 14.7 Å². The minimum atomic E-state index is -1.17. The molecule has 0 bridgehead atoms. The van der Waals surface area contributed by atoms with Crippen molar-refractivity contribution in [2.45, 2.75) is 32.7 Å². The fourth-order valence-corrected chi connectivity index (χ4v) is 4.00. The molecule has 1 aromatic carbocycles. The van der Waals surface area contributed by atoms with E-state index in [0.717, 1.165) is 62.5 Å². The van der Waals surface area contributed by atoms with Gasteiger partial charge >= 0.3 is 5.97 Å². The number of carboxylic acid groups (broad SMARTS) is 1. The molecule has 1 aromatic heterocycles. The average molecular weight is 385 g/mol. The highest BCUT2D eigenvalue weighted by Crippen LogP contribution is 2.40. The van der Waals surface area contributed by atoms with Gasteiger partial charge in [-0.05, 0) is 32.4 Å². The number of aromatic carboxylic acids is 1. The topological polar surface area (TPSA) is 75.0 Å². The Balaban J connectivity index is 1.87. The predicted molar refractivity (Wildman–Crippen MR) is 109 cm³/mol. The van der Waals surface area contributed by atoms with Gasteiger partial charge in [-0.15, -0.1) is 0 Å². The monoisotopic (exact) mass is 385 g/mol. The molecule has 0 atom stereocenters. The van der Waals surface area contributed by atoms with Crippen LogP contribution in [0.4, 0.5) is 5.69 Å². The Morgan fingerprint density at radius 3 is 2.46 bits per heavy atom. The zero-order chi connectivity index (χ0) is 19.8. The molecule has 2 aliphatic rings. The number of likely N-dealkylation sites (N-methyl/N-ethyl adjacent to an activating group) is 1. The number of rotatable bonds is 6. The molecular formula is C21H27N3O4. The van der Waals surface area contributed by atoms with Crippen LogP contribution >= 0.6 is 0 Å². The Labute approximate surface area is 164 Å². The zero-order valence-corrected chi connectivity index (χ0v) is 16.5. The van der Waals surface area contributed by atoms with Crippen molar-refractivity contribution in [1.29, 1.82) is 0 Å². The molecule has 150 valence electrons. The number of benzene rings is 1. The van der Waals surface area contributed by atoms with Crippen molar-refractivity contribution < 1.29 is 14.6 Å². The van der Waals surface area contributed by atoms with E-state index in [-0.39, 0.29) is 11.6 Å². The van der Waals surface area contributed by atoms with Gasteiger partial charge in [0.2, 0.25) is 5.43 Å². The Bertz CT molecular complexity index is 956. The van der Waals surface area contributed by atoms with Crippen LogP contribution in [0.5, 0.6) is 5.75 Å². The largest absolute Gasteiger partial charge is 0.492 e. The van der Waals surface area contributed by atoms with Gasteiger partial charge in [-0.2, -0.15) is 0 Å². The van der Waals surface area contributed by atoms with Gasteiger partial charge in [-0.25, -0.2) is 4.79 Å². The maximum Gasteiger partial charge on any atom is 0.341 e. The van der Waals surface area contributed by atoms with Crippen LogP contribution in [-0.4, -0.2) is 59.9 Å². The highest BCUT2D eigenvalue weighted by atomic mass is 16.5. The molecule has 1 saturated heterocycles. The minimum Gasteiger partial charge on any atom is -0.492 e. The van der Waals surface area contributed by atoms with Crippen molar-refractivity contribution in [3.8, 4) is 5.75 Å². The lowest BCUT2D eigenvalue weighted by Gasteiger charge is -2.36. The molecule has 1 saturated carbocycles. The number of aromatic nitrogens is 1. The molecule has 1 N–H and O–H groups in total. The number of hydrogen-bond donors (Lipinski definition) is 1. The zero-order valence-electron chi connectivity index (χ0n) is 16.5. The van der Waals surface area contributed by atoms with Crippen LogP contribution in [0.1, 0.15) is 43.1 Å². The van der Waals surface area contributed by atoms with Crippen LogP contribution in [0.3, 0.4) is 0 Å². The van der Waals surface area contributed by atoms with Crippen LogP contribution in [0, 0.1) is 0 Å². The smallest absolute Gasteiger partial charge is 0.341 e. The lowest BCUT2D eigenvalue weighted by Crippen LogP contribution is -2.46. The molecule has 2 aromatic rings. The van der Waals surface area contributed by atoms with Crippen LogP contribution in [0.15, 0.2) is 23.1 Å². The summed E-state index contributed by atoms with van der Waals surface area (Å²) in [4.78, 5) is 29.2. The summed E-state index contributed by atoms with van der Waals surface area (Å²) in [5.74, 6) is -0.412. The molecule has 28 heavy (non-hydrogen) atoms. The van der Waals surface area contributed by atoms with Crippen LogP contribution in [0.25, 0.3) is 10.9 Å². The Kier molecular flexibility index (Phi) is 5.02. The molecule has 2 fully saturated rings. The second-order valence-corrected chi connectivity index (χ2v) is 7.51.